The second-order valence-electron chi connectivity index (χ2n) is 6.77. The minimum absolute atomic E-state index is 0.0246. The van der Waals surface area contributed by atoms with Gasteiger partial charge in [-0.1, -0.05) is 0 Å². The van der Waals surface area contributed by atoms with Crippen molar-refractivity contribution in [3.8, 4) is 0 Å². The van der Waals surface area contributed by atoms with Crippen LogP contribution in [0.3, 0.4) is 0 Å². The van der Waals surface area contributed by atoms with Gasteiger partial charge in [-0.15, -0.1) is 23.2 Å². The summed E-state index contributed by atoms with van der Waals surface area (Å²) in [5, 5.41) is 6.57. The zero-order valence-corrected chi connectivity index (χ0v) is 17.3. The number of halogens is 2. The first kappa shape index (κ1) is 23.0. The molecule has 2 aliphatic heterocycles. The molecule has 2 N–H and O–H groups in total. The number of hydrogen-bond acceptors (Lipinski definition) is 7. The van der Waals surface area contributed by atoms with E-state index in [1.165, 1.54) is 0 Å². The number of piperazine rings is 2. The van der Waals surface area contributed by atoms with Gasteiger partial charge in [0.25, 0.3) is 0 Å². The molecule has 0 radical (unpaired) electrons. The highest BCUT2D eigenvalue weighted by Crippen LogP contribution is 2.07. The van der Waals surface area contributed by atoms with E-state index in [0.717, 1.165) is 0 Å². The Morgan fingerprint density at radius 3 is 1.64 bits per heavy atom. The number of nitrogens with zero attached hydrogens (tertiary/aromatic N) is 2. The molecule has 2 atom stereocenters. The molecule has 2 amide bonds. The first-order valence-electron chi connectivity index (χ1n) is 9.47. The van der Waals surface area contributed by atoms with Crippen LogP contribution in [-0.2, 0) is 19.1 Å². The Bertz CT molecular complexity index is 496. The summed E-state index contributed by atoms with van der Waals surface area (Å²) in [5.74, 6) is -0.223. The largest absolute Gasteiger partial charge is 0.508 e. The van der Waals surface area contributed by atoms with E-state index in [-0.39, 0.29) is 48.9 Å². The number of carbonyl (C=O) groups excluding carboxylic acids is 3. The molecule has 0 spiro atoms. The van der Waals surface area contributed by atoms with Crippen molar-refractivity contribution >= 4 is 41.2 Å². The third kappa shape index (κ3) is 7.62. The molecule has 0 aliphatic carbocycles. The van der Waals surface area contributed by atoms with Crippen molar-refractivity contribution in [1.29, 1.82) is 0 Å². The lowest BCUT2D eigenvalue weighted by Crippen LogP contribution is -2.53. The van der Waals surface area contributed by atoms with Gasteiger partial charge in [-0.25, -0.2) is 4.79 Å². The number of ether oxygens (including phenoxy) is 2. The van der Waals surface area contributed by atoms with E-state index in [1.54, 1.807) is 9.80 Å². The Labute approximate surface area is 175 Å². The monoisotopic (exact) mass is 438 g/mol. The molecule has 0 aromatic carbocycles. The van der Waals surface area contributed by atoms with Gasteiger partial charge in [0.15, 0.2) is 0 Å². The van der Waals surface area contributed by atoms with E-state index in [2.05, 4.69) is 10.6 Å². The van der Waals surface area contributed by atoms with E-state index in [4.69, 9.17) is 32.7 Å². The summed E-state index contributed by atoms with van der Waals surface area (Å²) >= 11 is 11.2. The van der Waals surface area contributed by atoms with Crippen molar-refractivity contribution in [2.24, 2.45) is 0 Å². The van der Waals surface area contributed by atoms with Gasteiger partial charge >= 0.3 is 6.16 Å². The highest BCUT2D eigenvalue weighted by Gasteiger charge is 2.24. The number of hydrogen-bond donors (Lipinski definition) is 2. The predicted octanol–water partition coefficient (Wildman–Crippen LogP) is -0.00180. The quantitative estimate of drug-likeness (QED) is 0.406. The second kappa shape index (κ2) is 12.3. The summed E-state index contributed by atoms with van der Waals surface area (Å²) in [6, 6.07) is 0.121. The van der Waals surface area contributed by atoms with Crippen LogP contribution in [0.25, 0.3) is 0 Å². The molecule has 2 heterocycles. The van der Waals surface area contributed by atoms with E-state index in [1.807, 2.05) is 0 Å². The van der Waals surface area contributed by atoms with Crippen LogP contribution < -0.4 is 10.6 Å². The highest BCUT2D eigenvalue weighted by molar-refractivity contribution is 6.27. The Kier molecular flexibility index (Phi) is 10.1. The molecular formula is C17H28Cl2N4O5. The van der Waals surface area contributed by atoms with Crippen LogP contribution in [-0.4, -0.2) is 104 Å². The number of alkyl halides is 2. The van der Waals surface area contributed by atoms with Crippen molar-refractivity contribution in [3.05, 3.63) is 0 Å². The van der Waals surface area contributed by atoms with Crippen LogP contribution >= 0.6 is 23.2 Å². The summed E-state index contributed by atoms with van der Waals surface area (Å²) in [6.07, 6.45) is 0.454. The zero-order valence-electron chi connectivity index (χ0n) is 15.8. The first-order chi connectivity index (χ1) is 13.5. The first-order valence-corrected chi connectivity index (χ1v) is 10.5. The van der Waals surface area contributed by atoms with Crippen LogP contribution in [0.5, 0.6) is 0 Å². The Hall–Kier alpha value is -1.29. The molecule has 0 bridgehead atoms. The normalized spacial score (nSPS) is 22.6. The fourth-order valence-corrected chi connectivity index (χ4v) is 3.61. The summed E-state index contributed by atoms with van der Waals surface area (Å²) in [6.45, 7) is 4.16. The predicted molar refractivity (Wildman–Crippen MR) is 105 cm³/mol. The Morgan fingerprint density at radius 1 is 0.821 bits per heavy atom. The summed E-state index contributed by atoms with van der Waals surface area (Å²) in [7, 11) is 0. The molecule has 2 saturated heterocycles. The lowest BCUT2D eigenvalue weighted by molar-refractivity contribution is -0.130. The lowest BCUT2D eigenvalue weighted by atomic mass is 10.1. The van der Waals surface area contributed by atoms with E-state index < -0.39 is 6.16 Å². The van der Waals surface area contributed by atoms with Crippen LogP contribution in [0.15, 0.2) is 0 Å². The van der Waals surface area contributed by atoms with Gasteiger partial charge in [-0.3, -0.25) is 9.59 Å². The fraction of sp³-hybridized carbons (Fsp3) is 0.824. The van der Waals surface area contributed by atoms with Crippen molar-refractivity contribution < 1.29 is 23.9 Å². The number of rotatable bonds is 8. The number of amides is 2. The van der Waals surface area contributed by atoms with E-state index in [9.17, 15) is 14.4 Å². The Balaban J connectivity index is 1.56. The van der Waals surface area contributed by atoms with Crippen molar-refractivity contribution in [1.82, 2.24) is 20.4 Å². The van der Waals surface area contributed by atoms with Crippen LogP contribution in [0.2, 0.25) is 0 Å². The van der Waals surface area contributed by atoms with Crippen molar-refractivity contribution in [2.75, 3.05) is 64.2 Å². The van der Waals surface area contributed by atoms with Crippen LogP contribution in [0.1, 0.15) is 12.8 Å². The molecule has 0 aromatic rings. The lowest BCUT2D eigenvalue weighted by Gasteiger charge is -2.33. The number of nitrogens with one attached hydrogen (secondary N) is 2. The Morgan fingerprint density at radius 2 is 1.25 bits per heavy atom. The molecule has 2 fully saturated rings. The van der Waals surface area contributed by atoms with Gasteiger partial charge in [0.05, 0.1) is 13.2 Å². The summed E-state index contributed by atoms with van der Waals surface area (Å²) in [5.41, 5.74) is 0. The molecule has 160 valence electrons. The van der Waals surface area contributed by atoms with Crippen LogP contribution in [0.4, 0.5) is 4.79 Å². The second-order valence-corrected chi connectivity index (χ2v) is 7.31. The molecule has 0 saturated carbocycles. The van der Waals surface area contributed by atoms with Crippen molar-refractivity contribution in [2.45, 2.75) is 24.9 Å². The third-order valence-corrected chi connectivity index (χ3v) is 5.27. The maximum absolute atomic E-state index is 11.7. The minimum atomic E-state index is -0.714. The molecule has 9 nitrogen and oxygen atoms in total. The average Bonchev–Trinajstić information content (AvgIpc) is 2.73. The topological polar surface area (TPSA) is 100 Å². The highest BCUT2D eigenvalue weighted by atomic mass is 35.5. The van der Waals surface area contributed by atoms with Gasteiger partial charge in [-0.05, 0) is 12.8 Å². The fourth-order valence-electron chi connectivity index (χ4n) is 3.27. The maximum atomic E-state index is 11.7. The number of carbonyl (C=O) groups is 3. The smallest absolute Gasteiger partial charge is 0.434 e. The SMILES string of the molecule is O=C(OCCC1CN(C(=O)CCl)CCN1)OCCC1CN(C(=O)CCl)CCN1. The molecule has 28 heavy (non-hydrogen) atoms. The standard InChI is InChI=1S/C17H28Cl2N4O5/c18-9-15(24)22-5-3-20-13(11-22)1-7-27-17(26)28-8-2-14-12-23(6-4-21-14)16(25)10-19/h13-14,20-21H,1-12H2. The molecule has 2 aliphatic rings. The van der Waals surface area contributed by atoms with Gasteiger partial charge < -0.3 is 29.9 Å². The van der Waals surface area contributed by atoms with Gasteiger partial charge in [-0.2, -0.15) is 0 Å². The summed E-state index contributed by atoms with van der Waals surface area (Å²) < 4.78 is 10.2. The van der Waals surface area contributed by atoms with Gasteiger partial charge in [0.1, 0.15) is 11.8 Å². The zero-order chi connectivity index (χ0) is 20.4. The average molecular weight is 439 g/mol. The minimum Gasteiger partial charge on any atom is -0.434 e. The maximum Gasteiger partial charge on any atom is 0.508 e. The van der Waals surface area contributed by atoms with E-state index >= 15 is 0 Å². The molecular weight excluding hydrogens is 411 g/mol. The molecule has 11 heteroatoms. The van der Waals surface area contributed by atoms with Gasteiger partial charge in [0, 0.05) is 51.4 Å². The van der Waals surface area contributed by atoms with E-state index in [0.29, 0.717) is 52.1 Å². The summed E-state index contributed by atoms with van der Waals surface area (Å²) in [4.78, 5) is 38.4. The molecule has 0 aromatic heterocycles. The van der Waals surface area contributed by atoms with Gasteiger partial charge in [0.2, 0.25) is 11.8 Å². The molecule has 2 unspecified atom stereocenters. The molecule has 2 rings (SSSR count). The van der Waals surface area contributed by atoms with Crippen LogP contribution in [0, 0.1) is 0 Å². The third-order valence-electron chi connectivity index (χ3n) is 4.82. The van der Waals surface area contributed by atoms with Crippen molar-refractivity contribution in [3.63, 3.8) is 0 Å².